The molecule has 1 aromatic carbocycles. The molecule has 6 nitrogen and oxygen atoms in total. The van der Waals surface area contributed by atoms with Gasteiger partial charge in [0.1, 0.15) is 0 Å². The zero-order chi connectivity index (χ0) is 15.5. The summed E-state index contributed by atoms with van der Waals surface area (Å²) in [5, 5.41) is 16.7. The van der Waals surface area contributed by atoms with Gasteiger partial charge in [-0.15, -0.1) is 0 Å². The number of benzene rings is 1. The van der Waals surface area contributed by atoms with Crippen molar-refractivity contribution < 1.29 is 9.72 Å². The van der Waals surface area contributed by atoms with Crippen LogP contribution in [0.3, 0.4) is 0 Å². The number of anilines is 1. The van der Waals surface area contributed by atoms with Crippen LogP contribution in [0.25, 0.3) is 0 Å². The minimum atomic E-state index is -0.422. The second-order valence-corrected chi connectivity index (χ2v) is 5.86. The summed E-state index contributed by atoms with van der Waals surface area (Å²) in [5.74, 6) is -0.170. The number of nitro groups is 1. The van der Waals surface area contributed by atoms with Crippen LogP contribution >= 0.6 is 0 Å². The Kier molecular flexibility index (Phi) is 4.83. The third-order valence-corrected chi connectivity index (χ3v) is 2.79. The van der Waals surface area contributed by atoms with Crippen molar-refractivity contribution in [2.45, 2.75) is 40.2 Å². The van der Waals surface area contributed by atoms with Crippen LogP contribution in [0.1, 0.15) is 31.9 Å². The highest BCUT2D eigenvalue weighted by molar-refractivity contribution is 5.93. The van der Waals surface area contributed by atoms with Gasteiger partial charge in [-0.3, -0.25) is 14.9 Å². The van der Waals surface area contributed by atoms with Crippen LogP contribution in [0.5, 0.6) is 0 Å². The van der Waals surface area contributed by atoms with E-state index in [-0.39, 0.29) is 23.7 Å². The van der Waals surface area contributed by atoms with Crippen molar-refractivity contribution in [3.05, 3.63) is 33.4 Å². The minimum Gasteiger partial charge on any atom is -0.325 e. The second kappa shape index (κ2) is 6.00. The Morgan fingerprint density at radius 3 is 2.35 bits per heavy atom. The van der Waals surface area contributed by atoms with Gasteiger partial charge in [-0.25, -0.2) is 0 Å². The Morgan fingerprint density at radius 1 is 1.25 bits per heavy atom. The number of hydrogen-bond acceptors (Lipinski definition) is 4. The molecular weight excluding hydrogens is 258 g/mol. The number of amides is 1. The van der Waals surface area contributed by atoms with E-state index in [0.29, 0.717) is 16.8 Å². The lowest BCUT2D eigenvalue weighted by atomic mass is 10.1. The number of carbonyl (C=O) groups is 1. The third-order valence-electron chi connectivity index (χ3n) is 2.79. The van der Waals surface area contributed by atoms with Crippen molar-refractivity contribution in [2.24, 2.45) is 0 Å². The molecule has 1 amide bonds. The summed E-state index contributed by atoms with van der Waals surface area (Å²) in [5.41, 5.74) is 1.73. The van der Waals surface area contributed by atoms with Crippen LogP contribution in [0.2, 0.25) is 0 Å². The molecule has 110 valence electrons. The maximum atomic E-state index is 11.8. The van der Waals surface area contributed by atoms with Gasteiger partial charge in [-0.2, -0.15) is 0 Å². The van der Waals surface area contributed by atoms with Crippen molar-refractivity contribution >= 4 is 17.3 Å². The van der Waals surface area contributed by atoms with Gasteiger partial charge < -0.3 is 10.6 Å². The summed E-state index contributed by atoms with van der Waals surface area (Å²) in [7, 11) is 0. The van der Waals surface area contributed by atoms with Gasteiger partial charge in [0.15, 0.2) is 0 Å². The summed E-state index contributed by atoms with van der Waals surface area (Å²) in [6.45, 7) is 9.50. The molecule has 1 aromatic rings. The SMILES string of the molecule is Cc1cc([N+](=O)[O-])c(C)cc1NC(=O)CNC(C)(C)C. The number of hydrogen-bond donors (Lipinski definition) is 2. The molecule has 0 aliphatic rings. The van der Waals surface area contributed by atoms with Crippen molar-refractivity contribution in [2.75, 3.05) is 11.9 Å². The van der Waals surface area contributed by atoms with Crippen LogP contribution < -0.4 is 10.6 Å². The molecule has 0 saturated heterocycles. The third kappa shape index (κ3) is 4.62. The number of rotatable bonds is 4. The monoisotopic (exact) mass is 279 g/mol. The van der Waals surface area contributed by atoms with E-state index >= 15 is 0 Å². The number of aryl methyl sites for hydroxylation is 2. The largest absolute Gasteiger partial charge is 0.325 e. The van der Waals surface area contributed by atoms with Gasteiger partial charge in [0.05, 0.1) is 11.5 Å². The van der Waals surface area contributed by atoms with E-state index in [1.54, 1.807) is 19.9 Å². The van der Waals surface area contributed by atoms with E-state index in [1.165, 1.54) is 6.07 Å². The van der Waals surface area contributed by atoms with Gasteiger partial charge in [0.2, 0.25) is 5.91 Å². The maximum Gasteiger partial charge on any atom is 0.272 e. The molecule has 0 atom stereocenters. The second-order valence-electron chi connectivity index (χ2n) is 5.86. The first-order chi connectivity index (χ1) is 9.10. The smallest absolute Gasteiger partial charge is 0.272 e. The van der Waals surface area contributed by atoms with Crippen molar-refractivity contribution in [1.29, 1.82) is 0 Å². The first-order valence-electron chi connectivity index (χ1n) is 6.40. The lowest BCUT2D eigenvalue weighted by molar-refractivity contribution is -0.385. The molecule has 2 N–H and O–H groups in total. The van der Waals surface area contributed by atoms with Gasteiger partial charge in [-0.1, -0.05) is 0 Å². The summed E-state index contributed by atoms with van der Waals surface area (Å²) >= 11 is 0. The van der Waals surface area contributed by atoms with Crippen molar-refractivity contribution in [3.8, 4) is 0 Å². The zero-order valence-electron chi connectivity index (χ0n) is 12.5. The first kappa shape index (κ1) is 16.1. The van der Waals surface area contributed by atoms with Crippen LogP contribution in [0.15, 0.2) is 12.1 Å². The quantitative estimate of drug-likeness (QED) is 0.655. The zero-order valence-corrected chi connectivity index (χ0v) is 12.5. The average Bonchev–Trinajstić information content (AvgIpc) is 2.29. The molecule has 0 spiro atoms. The van der Waals surface area contributed by atoms with E-state index in [4.69, 9.17) is 0 Å². The molecule has 6 heteroatoms. The fraction of sp³-hybridized carbons (Fsp3) is 0.500. The van der Waals surface area contributed by atoms with Gasteiger partial charge in [-0.05, 0) is 46.2 Å². The highest BCUT2D eigenvalue weighted by Gasteiger charge is 2.15. The van der Waals surface area contributed by atoms with Gasteiger partial charge in [0, 0.05) is 22.9 Å². The van der Waals surface area contributed by atoms with E-state index in [1.807, 2.05) is 20.8 Å². The van der Waals surface area contributed by atoms with E-state index in [9.17, 15) is 14.9 Å². The summed E-state index contributed by atoms with van der Waals surface area (Å²) in [6, 6.07) is 3.10. The molecule has 0 aliphatic heterocycles. The first-order valence-corrected chi connectivity index (χ1v) is 6.40. The lowest BCUT2D eigenvalue weighted by Crippen LogP contribution is -2.41. The van der Waals surface area contributed by atoms with Crippen molar-refractivity contribution in [3.63, 3.8) is 0 Å². The van der Waals surface area contributed by atoms with Crippen LogP contribution in [-0.4, -0.2) is 22.9 Å². The van der Waals surface area contributed by atoms with Crippen LogP contribution in [0, 0.1) is 24.0 Å². The molecular formula is C14H21N3O3. The highest BCUT2D eigenvalue weighted by Crippen LogP contribution is 2.25. The molecule has 0 heterocycles. The van der Waals surface area contributed by atoms with Crippen molar-refractivity contribution in [1.82, 2.24) is 5.32 Å². The fourth-order valence-corrected chi connectivity index (χ4v) is 1.67. The number of carbonyl (C=O) groups excluding carboxylic acids is 1. The number of nitrogens with one attached hydrogen (secondary N) is 2. The van der Waals surface area contributed by atoms with E-state index < -0.39 is 4.92 Å². The summed E-state index contributed by atoms with van der Waals surface area (Å²) < 4.78 is 0. The standard InChI is InChI=1S/C14H21N3O3/c1-9-7-12(17(19)20)10(2)6-11(9)16-13(18)8-15-14(3,4)5/h6-7,15H,8H2,1-5H3,(H,16,18). The van der Waals surface area contributed by atoms with E-state index in [0.717, 1.165) is 0 Å². The molecule has 0 fully saturated rings. The Labute approximate surface area is 118 Å². The molecule has 0 unspecified atom stereocenters. The Bertz CT molecular complexity index is 533. The van der Waals surface area contributed by atoms with Crippen LogP contribution in [0.4, 0.5) is 11.4 Å². The molecule has 0 aliphatic carbocycles. The Balaban J connectivity index is 2.81. The molecule has 1 rings (SSSR count). The van der Waals surface area contributed by atoms with Crippen LogP contribution in [-0.2, 0) is 4.79 Å². The predicted molar refractivity (Wildman–Crippen MR) is 79.0 cm³/mol. The maximum absolute atomic E-state index is 11.8. The number of nitrogens with zero attached hydrogens (tertiary/aromatic N) is 1. The lowest BCUT2D eigenvalue weighted by Gasteiger charge is -2.20. The number of nitro benzene ring substituents is 1. The highest BCUT2D eigenvalue weighted by atomic mass is 16.6. The fourth-order valence-electron chi connectivity index (χ4n) is 1.67. The summed E-state index contributed by atoms with van der Waals surface area (Å²) in [4.78, 5) is 22.2. The predicted octanol–water partition coefficient (Wildman–Crippen LogP) is 2.54. The van der Waals surface area contributed by atoms with Gasteiger partial charge in [0.25, 0.3) is 5.69 Å². The molecule has 0 aromatic heterocycles. The Morgan fingerprint density at radius 2 is 1.85 bits per heavy atom. The molecule has 0 saturated carbocycles. The molecule has 20 heavy (non-hydrogen) atoms. The van der Waals surface area contributed by atoms with E-state index in [2.05, 4.69) is 10.6 Å². The Hall–Kier alpha value is -1.95. The summed E-state index contributed by atoms with van der Waals surface area (Å²) in [6.07, 6.45) is 0. The molecule has 0 bridgehead atoms. The average molecular weight is 279 g/mol. The molecule has 0 radical (unpaired) electrons. The minimum absolute atomic E-state index is 0.0633. The normalized spacial score (nSPS) is 11.2. The van der Waals surface area contributed by atoms with Gasteiger partial charge >= 0.3 is 0 Å². The topological polar surface area (TPSA) is 84.3 Å².